The number of carbonyl (C=O) groups excluding carboxylic acids is 4. The second-order valence-electron chi connectivity index (χ2n) is 20.6. The number of carbonyl (C=O) groups is 6. The Kier molecular flexibility index (Phi) is 18.3. The third-order valence-electron chi connectivity index (χ3n) is 12.8. The molecule has 4 amide bonds. The summed E-state index contributed by atoms with van der Waals surface area (Å²) in [5.74, 6) is 10.1. The van der Waals surface area contributed by atoms with E-state index in [1.807, 2.05) is 41.5 Å². The number of rotatable bonds is 13. The number of aliphatic hydroxyl groups is 1. The van der Waals surface area contributed by atoms with Gasteiger partial charge in [-0.25, -0.2) is 9.59 Å². The second-order valence-corrected chi connectivity index (χ2v) is 22.7. The SMILES string of the molecule is CC1CCC(C(=O)N(c2cc(C#CC(C)(C)C)sc2C(=O)O)[C@H]2CCN(CCO)C2=O)CC1.COCCN1CC[C@H](N(C(=O)C2CCC(C)CC2)c2cc(C#CC(C)(C)C)sc2C(=O)O)C1=O. The monoisotopic (exact) mass is 962 g/mol. The molecule has 4 aliphatic rings. The number of hydrogen-bond donors (Lipinski definition) is 3. The van der Waals surface area contributed by atoms with Crippen LogP contribution in [0.1, 0.15) is 149 Å². The van der Waals surface area contributed by atoms with E-state index in [-0.39, 0.29) is 74.9 Å². The Morgan fingerprint density at radius 2 is 1.03 bits per heavy atom. The summed E-state index contributed by atoms with van der Waals surface area (Å²) in [6.07, 6.45) is 7.67. The van der Waals surface area contributed by atoms with Crippen molar-refractivity contribution >= 4 is 69.6 Å². The topological polar surface area (TPSA) is 185 Å². The standard InChI is InChI=1S/C26H36N2O5S.C25H34N2O5S/c1-17-6-8-18(9-7-17)23(29)28(20-11-13-27(24(20)30)14-15-33-5)21-16-19(10-12-26(2,3)4)34-22(21)25(31)32;1-16-5-7-17(8-6-16)22(29)27(19-10-12-26(13-14-28)23(19)30)20-15-18(9-11-25(2,3)4)33-21(20)24(31)32/h16-18,20H,6-9,11,13-15H2,1-5H3,(H,31,32);15-17,19,28H,5-8,10,12-14H2,1-4H3,(H,31,32)/t17?,18?,20-;16?,17?,19-/m00/s1. The molecule has 14 nitrogen and oxygen atoms in total. The minimum atomic E-state index is -1.13. The van der Waals surface area contributed by atoms with Gasteiger partial charge in [-0.15, -0.1) is 22.7 Å². The number of methoxy groups -OCH3 is 1. The Bertz CT molecular complexity index is 2250. The third kappa shape index (κ3) is 13.9. The lowest BCUT2D eigenvalue weighted by Crippen LogP contribution is -2.49. The fourth-order valence-corrected chi connectivity index (χ4v) is 10.7. The van der Waals surface area contributed by atoms with Crippen LogP contribution < -0.4 is 9.80 Å². The van der Waals surface area contributed by atoms with Crippen LogP contribution in [0.5, 0.6) is 0 Å². The summed E-state index contributed by atoms with van der Waals surface area (Å²) in [6.45, 7) is 18.1. The van der Waals surface area contributed by atoms with Gasteiger partial charge in [0.15, 0.2) is 0 Å². The molecule has 0 bridgehead atoms. The number of aromatic carboxylic acids is 2. The zero-order chi connectivity index (χ0) is 49.4. The largest absolute Gasteiger partial charge is 0.477 e. The van der Waals surface area contributed by atoms with Gasteiger partial charge in [0.2, 0.25) is 23.6 Å². The number of nitrogens with zero attached hydrogens (tertiary/aromatic N) is 4. The molecule has 2 atom stereocenters. The van der Waals surface area contributed by atoms with Crippen molar-refractivity contribution in [1.82, 2.24) is 9.80 Å². The van der Waals surface area contributed by atoms with Crippen LogP contribution in [0.4, 0.5) is 11.4 Å². The molecule has 16 heteroatoms. The van der Waals surface area contributed by atoms with Crippen LogP contribution in [0.3, 0.4) is 0 Å². The molecule has 0 radical (unpaired) electrons. The van der Waals surface area contributed by atoms with E-state index in [2.05, 4.69) is 37.5 Å². The van der Waals surface area contributed by atoms with Crippen LogP contribution >= 0.6 is 22.7 Å². The molecule has 2 aliphatic heterocycles. The van der Waals surface area contributed by atoms with E-state index in [1.54, 1.807) is 29.0 Å². The number of aliphatic hydroxyl groups excluding tert-OH is 1. The van der Waals surface area contributed by atoms with Gasteiger partial charge in [0, 0.05) is 56.0 Å². The van der Waals surface area contributed by atoms with Crippen molar-refractivity contribution in [1.29, 1.82) is 0 Å². The number of carboxylic acid groups (broad SMARTS) is 2. The average Bonchev–Trinajstić information content (AvgIpc) is 4.06. The van der Waals surface area contributed by atoms with E-state index < -0.39 is 24.0 Å². The fraction of sp³-hybridized carbons (Fsp3) is 0.647. The lowest BCUT2D eigenvalue weighted by molar-refractivity contribution is -0.132. The highest BCUT2D eigenvalue weighted by Crippen LogP contribution is 2.40. The van der Waals surface area contributed by atoms with Crippen LogP contribution in [-0.4, -0.2) is 119 Å². The Morgan fingerprint density at radius 3 is 1.36 bits per heavy atom. The van der Waals surface area contributed by atoms with Gasteiger partial charge in [-0.05, 0) is 130 Å². The molecule has 0 aromatic carbocycles. The second kappa shape index (κ2) is 23.0. The van der Waals surface area contributed by atoms with Crippen LogP contribution in [-0.2, 0) is 23.9 Å². The number of ether oxygens (including phenoxy) is 1. The zero-order valence-corrected chi connectivity index (χ0v) is 42.4. The van der Waals surface area contributed by atoms with E-state index in [4.69, 9.17) is 4.74 Å². The predicted octanol–water partition coefficient (Wildman–Crippen LogP) is 7.85. The number of hydrogen-bond acceptors (Lipinski definition) is 10. The molecule has 366 valence electrons. The maximum Gasteiger partial charge on any atom is 0.348 e. The Hall–Kier alpha value is -4.74. The minimum absolute atomic E-state index is 0.0270. The van der Waals surface area contributed by atoms with Crippen LogP contribution in [0.25, 0.3) is 0 Å². The molecular formula is C51H70N4O10S2. The van der Waals surface area contributed by atoms with Gasteiger partial charge < -0.3 is 29.9 Å². The van der Waals surface area contributed by atoms with Crippen molar-refractivity contribution < 1.29 is 48.8 Å². The molecule has 67 heavy (non-hydrogen) atoms. The summed E-state index contributed by atoms with van der Waals surface area (Å²) in [5.41, 5.74) is 0.0592. The number of carboxylic acids is 2. The number of β-amino-alcohol motifs (C(OH)–C–C–N with tert-alkyl or cyclic N) is 1. The van der Waals surface area contributed by atoms with E-state index in [9.17, 15) is 44.1 Å². The van der Waals surface area contributed by atoms with Gasteiger partial charge in [-0.1, -0.05) is 37.5 Å². The molecular weight excluding hydrogens is 893 g/mol. The summed E-state index contributed by atoms with van der Waals surface area (Å²) in [7, 11) is 1.59. The molecule has 3 N–H and O–H groups in total. The molecule has 4 heterocycles. The maximum absolute atomic E-state index is 13.9. The lowest BCUT2D eigenvalue weighted by Gasteiger charge is -2.34. The van der Waals surface area contributed by atoms with E-state index in [0.29, 0.717) is 66.4 Å². The van der Waals surface area contributed by atoms with Crippen molar-refractivity contribution in [3.05, 3.63) is 31.6 Å². The van der Waals surface area contributed by atoms with Gasteiger partial charge >= 0.3 is 11.9 Å². The van der Waals surface area contributed by atoms with Crippen molar-refractivity contribution in [2.24, 2.45) is 34.5 Å². The highest BCUT2D eigenvalue weighted by molar-refractivity contribution is 7.15. The van der Waals surface area contributed by atoms with E-state index >= 15 is 0 Å². The number of anilines is 2. The fourth-order valence-electron chi connectivity index (χ4n) is 9.03. The number of thiophene rings is 2. The first-order chi connectivity index (χ1) is 31.5. The van der Waals surface area contributed by atoms with Gasteiger partial charge in [0.25, 0.3) is 0 Å². The number of amides is 4. The van der Waals surface area contributed by atoms with Crippen LogP contribution in [0.15, 0.2) is 12.1 Å². The highest BCUT2D eigenvalue weighted by atomic mass is 32.1. The molecule has 0 unspecified atom stereocenters. The van der Waals surface area contributed by atoms with Crippen molar-refractivity contribution in [3.8, 4) is 23.7 Å². The van der Waals surface area contributed by atoms with E-state index in [1.165, 1.54) is 9.80 Å². The lowest BCUT2D eigenvalue weighted by atomic mass is 9.82. The van der Waals surface area contributed by atoms with Crippen molar-refractivity contribution in [2.45, 2.75) is 132 Å². The Morgan fingerprint density at radius 1 is 0.657 bits per heavy atom. The first-order valence-electron chi connectivity index (χ1n) is 23.7. The zero-order valence-electron chi connectivity index (χ0n) is 40.7. The molecule has 6 rings (SSSR count). The molecule has 2 aromatic heterocycles. The van der Waals surface area contributed by atoms with E-state index in [0.717, 1.165) is 74.0 Å². The summed E-state index contributed by atoms with van der Waals surface area (Å²) in [4.78, 5) is 85.9. The highest BCUT2D eigenvalue weighted by Gasteiger charge is 2.45. The first-order valence-corrected chi connectivity index (χ1v) is 25.3. The van der Waals surface area contributed by atoms with Gasteiger partial charge in [0.05, 0.1) is 34.3 Å². The van der Waals surface area contributed by atoms with Crippen LogP contribution in [0, 0.1) is 58.2 Å². The smallest absolute Gasteiger partial charge is 0.348 e. The summed E-state index contributed by atoms with van der Waals surface area (Å²) in [6, 6.07) is 1.86. The van der Waals surface area contributed by atoms with Gasteiger partial charge in [0.1, 0.15) is 21.8 Å². The minimum Gasteiger partial charge on any atom is -0.477 e. The Balaban J connectivity index is 0.000000251. The third-order valence-corrected chi connectivity index (χ3v) is 14.8. The van der Waals surface area contributed by atoms with Gasteiger partial charge in [-0.2, -0.15) is 0 Å². The quantitative estimate of drug-likeness (QED) is 0.167. The number of likely N-dealkylation sites (tertiary alicyclic amines) is 2. The maximum atomic E-state index is 13.9. The van der Waals surface area contributed by atoms with Gasteiger partial charge in [-0.3, -0.25) is 29.0 Å². The summed E-state index contributed by atoms with van der Waals surface area (Å²) >= 11 is 2.10. The van der Waals surface area contributed by atoms with Crippen LogP contribution in [0.2, 0.25) is 0 Å². The molecule has 2 aliphatic carbocycles. The first kappa shape index (κ1) is 53.2. The molecule has 2 saturated carbocycles. The van der Waals surface area contributed by atoms with Crippen molar-refractivity contribution in [3.63, 3.8) is 0 Å². The summed E-state index contributed by atoms with van der Waals surface area (Å²) in [5, 5.41) is 29.2. The molecule has 4 fully saturated rings. The predicted molar refractivity (Wildman–Crippen MR) is 261 cm³/mol. The average molecular weight is 963 g/mol. The molecule has 2 saturated heterocycles. The summed E-state index contributed by atoms with van der Waals surface area (Å²) < 4.78 is 5.13. The normalized spacial score (nSPS) is 23.1. The molecule has 2 aromatic rings. The van der Waals surface area contributed by atoms with Crippen molar-refractivity contribution in [2.75, 3.05) is 56.3 Å². The molecule has 0 spiro atoms. The Labute approximate surface area is 404 Å².